The van der Waals surface area contributed by atoms with Gasteiger partial charge in [-0.25, -0.2) is 13.2 Å². The van der Waals surface area contributed by atoms with Crippen LogP contribution in [-0.2, 0) is 19.5 Å². The lowest BCUT2D eigenvalue weighted by atomic mass is 10.2. The monoisotopic (exact) mass is 316 g/mol. The van der Waals surface area contributed by atoms with Crippen molar-refractivity contribution in [2.75, 3.05) is 39.6 Å². The second-order valence-corrected chi connectivity index (χ2v) is 6.14. The molecule has 0 radical (unpaired) electrons. The topological polar surface area (TPSA) is 98.9 Å². The van der Waals surface area contributed by atoms with Gasteiger partial charge in [-0.15, -0.1) is 0 Å². The number of ether oxygens (including phenoxy) is 2. The molecule has 1 aromatic rings. The van der Waals surface area contributed by atoms with Crippen LogP contribution in [0.25, 0.3) is 0 Å². The third-order valence-corrected chi connectivity index (χ3v) is 4.96. The summed E-state index contributed by atoms with van der Waals surface area (Å²) < 4.78 is 36.0. The van der Waals surface area contributed by atoms with Gasteiger partial charge >= 0.3 is 5.97 Å². The van der Waals surface area contributed by atoms with Crippen molar-refractivity contribution in [3.63, 3.8) is 0 Å². The first kappa shape index (κ1) is 17.4. The molecular weight excluding hydrogens is 296 g/mol. The smallest absolute Gasteiger partial charge is 0.339 e. The van der Waals surface area contributed by atoms with Crippen LogP contribution >= 0.6 is 0 Å². The number of benzene rings is 1. The highest BCUT2D eigenvalue weighted by Crippen LogP contribution is 2.23. The standard InChI is InChI=1S/C13H20N2O5S/c1-4-15(7-8-19-2)21(17,18)12-6-5-10(14)9-11(12)13(16)20-3/h5-6,9H,4,7-8,14H2,1-3H3. The van der Waals surface area contributed by atoms with E-state index in [1.807, 2.05) is 0 Å². The highest BCUT2D eigenvalue weighted by atomic mass is 32.2. The average Bonchev–Trinajstić information content (AvgIpc) is 2.46. The van der Waals surface area contributed by atoms with E-state index >= 15 is 0 Å². The maximum atomic E-state index is 12.6. The van der Waals surface area contributed by atoms with E-state index in [1.54, 1.807) is 6.92 Å². The molecule has 7 nitrogen and oxygen atoms in total. The van der Waals surface area contributed by atoms with Crippen molar-refractivity contribution in [1.82, 2.24) is 4.31 Å². The van der Waals surface area contributed by atoms with Crippen molar-refractivity contribution in [3.05, 3.63) is 23.8 Å². The molecule has 8 heteroatoms. The van der Waals surface area contributed by atoms with Gasteiger partial charge in [0.15, 0.2) is 0 Å². The van der Waals surface area contributed by atoms with Crippen LogP contribution in [-0.4, -0.2) is 52.6 Å². The average molecular weight is 316 g/mol. The van der Waals surface area contributed by atoms with E-state index in [0.717, 1.165) is 0 Å². The van der Waals surface area contributed by atoms with Crippen molar-refractivity contribution in [1.29, 1.82) is 0 Å². The molecule has 1 aromatic carbocycles. The van der Waals surface area contributed by atoms with Crippen LogP contribution in [0.15, 0.2) is 23.1 Å². The first-order valence-electron chi connectivity index (χ1n) is 6.35. The first-order valence-corrected chi connectivity index (χ1v) is 7.79. The van der Waals surface area contributed by atoms with E-state index in [9.17, 15) is 13.2 Å². The molecule has 0 atom stereocenters. The Morgan fingerprint density at radius 3 is 2.52 bits per heavy atom. The quantitative estimate of drug-likeness (QED) is 0.587. The third-order valence-electron chi connectivity index (χ3n) is 2.92. The van der Waals surface area contributed by atoms with Crippen LogP contribution in [0.4, 0.5) is 5.69 Å². The second-order valence-electron chi connectivity index (χ2n) is 4.24. The summed E-state index contributed by atoms with van der Waals surface area (Å²) >= 11 is 0. The van der Waals surface area contributed by atoms with Gasteiger partial charge in [0.1, 0.15) is 0 Å². The summed E-state index contributed by atoms with van der Waals surface area (Å²) in [6.45, 7) is 2.43. The molecule has 2 N–H and O–H groups in total. The van der Waals surface area contributed by atoms with Crippen molar-refractivity contribution >= 4 is 21.7 Å². The zero-order chi connectivity index (χ0) is 16.0. The zero-order valence-electron chi connectivity index (χ0n) is 12.3. The van der Waals surface area contributed by atoms with E-state index in [0.29, 0.717) is 0 Å². The van der Waals surface area contributed by atoms with Gasteiger partial charge in [0, 0.05) is 25.9 Å². The van der Waals surface area contributed by atoms with Gasteiger partial charge in [-0.1, -0.05) is 6.92 Å². The van der Waals surface area contributed by atoms with Crippen LogP contribution < -0.4 is 5.73 Å². The Balaban J connectivity index is 3.33. The Hall–Kier alpha value is -1.64. The fourth-order valence-electron chi connectivity index (χ4n) is 1.82. The predicted molar refractivity (Wildman–Crippen MR) is 78.5 cm³/mol. The van der Waals surface area contributed by atoms with E-state index in [1.165, 1.54) is 36.7 Å². The number of nitrogens with two attached hydrogens (primary N) is 1. The summed E-state index contributed by atoms with van der Waals surface area (Å²) in [4.78, 5) is 11.6. The normalized spacial score (nSPS) is 11.6. The van der Waals surface area contributed by atoms with Crippen molar-refractivity contribution in [2.45, 2.75) is 11.8 Å². The number of hydrogen-bond acceptors (Lipinski definition) is 6. The number of esters is 1. The van der Waals surface area contributed by atoms with Crippen LogP contribution in [0.5, 0.6) is 0 Å². The van der Waals surface area contributed by atoms with Gasteiger partial charge < -0.3 is 15.2 Å². The lowest BCUT2D eigenvalue weighted by molar-refractivity contribution is 0.0596. The molecule has 0 saturated heterocycles. The summed E-state index contributed by atoms with van der Waals surface area (Å²) in [5, 5.41) is 0. The molecule has 0 aromatic heterocycles. The Kier molecular flexibility index (Phi) is 6.13. The molecule has 21 heavy (non-hydrogen) atoms. The minimum absolute atomic E-state index is 0.0756. The number of hydrogen-bond donors (Lipinski definition) is 1. The number of nitrogens with zero attached hydrogens (tertiary/aromatic N) is 1. The van der Waals surface area contributed by atoms with Crippen LogP contribution in [0.3, 0.4) is 0 Å². The summed E-state index contributed by atoms with van der Waals surface area (Å²) in [6, 6.07) is 4.04. The highest BCUT2D eigenvalue weighted by Gasteiger charge is 2.28. The molecule has 0 aliphatic heterocycles. The number of likely N-dealkylation sites (N-methyl/N-ethyl adjacent to an activating group) is 1. The number of carbonyl (C=O) groups is 1. The maximum Gasteiger partial charge on any atom is 0.339 e. The molecule has 0 unspecified atom stereocenters. The van der Waals surface area contributed by atoms with Gasteiger partial charge in [0.05, 0.1) is 24.2 Å². The van der Waals surface area contributed by atoms with Crippen molar-refractivity contribution in [2.24, 2.45) is 0 Å². The van der Waals surface area contributed by atoms with Crippen molar-refractivity contribution in [3.8, 4) is 0 Å². The van der Waals surface area contributed by atoms with Crippen LogP contribution in [0.1, 0.15) is 17.3 Å². The SMILES string of the molecule is CCN(CCOC)S(=O)(=O)c1ccc(N)cc1C(=O)OC. The molecule has 0 bridgehead atoms. The summed E-state index contributed by atoms with van der Waals surface area (Å²) in [5.41, 5.74) is 5.83. The van der Waals surface area contributed by atoms with Crippen LogP contribution in [0, 0.1) is 0 Å². The van der Waals surface area contributed by atoms with E-state index < -0.39 is 16.0 Å². The fraction of sp³-hybridized carbons (Fsp3) is 0.462. The highest BCUT2D eigenvalue weighted by molar-refractivity contribution is 7.89. The van der Waals surface area contributed by atoms with Crippen LogP contribution in [0.2, 0.25) is 0 Å². The first-order chi connectivity index (χ1) is 9.88. The molecule has 0 heterocycles. The molecule has 0 saturated carbocycles. The largest absolute Gasteiger partial charge is 0.465 e. The molecule has 0 spiro atoms. The number of anilines is 1. The number of sulfonamides is 1. The maximum absolute atomic E-state index is 12.6. The second kappa shape index (κ2) is 7.39. The molecule has 118 valence electrons. The summed E-state index contributed by atoms with van der Waals surface area (Å²) in [6.07, 6.45) is 0. The van der Waals surface area contributed by atoms with Gasteiger partial charge in [-0.05, 0) is 18.2 Å². The lowest BCUT2D eigenvalue weighted by Crippen LogP contribution is -2.34. The third kappa shape index (κ3) is 3.93. The molecule has 0 aliphatic carbocycles. The van der Waals surface area contributed by atoms with Crippen molar-refractivity contribution < 1.29 is 22.7 Å². The number of nitrogen functional groups attached to an aromatic ring is 1. The van der Waals surface area contributed by atoms with E-state index in [4.69, 9.17) is 10.5 Å². The summed E-state index contributed by atoms with van der Waals surface area (Å²) in [7, 11) is -1.15. The van der Waals surface area contributed by atoms with Gasteiger partial charge in [0.25, 0.3) is 0 Å². The Bertz CT molecular complexity index is 601. The molecule has 1 rings (SSSR count). The number of rotatable bonds is 7. The molecule has 0 aliphatic rings. The van der Waals surface area contributed by atoms with E-state index in [-0.39, 0.29) is 35.8 Å². The molecule has 0 amide bonds. The summed E-state index contributed by atoms with van der Waals surface area (Å²) in [5.74, 6) is -0.747. The fourth-order valence-corrected chi connectivity index (χ4v) is 3.42. The zero-order valence-corrected chi connectivity index (χ0v) is 13.1. The predicted octanol–water partition coefficient (Wildman–Crippen LogP) is 0.712. The Labute approximate surface area is 124 Å². The molecule has 0 fully saturated rings. The van der Waals surface area contributed by atoms with E-state index in [2.05, 4.69) is 4.74 Å². The lowest BCUT2D eigenvalue weighted by Gasteiger charge is -2.21. The Morgan fingerprint density at radius 2 is 2.00 bits per heavy atom. The minimum atomic E-state index is -3.83. The van der Waals surface area contributed by atoms with Gasteiger partial charge in [-0.3, -0.25) is 0 Å². The molecular formula is C13H20N2O5S. The van der Waals surface area contributed by atoms with Gasteiger partial charge in [-0.2, -0.15) is 4.31 Å². The van der Waals surface area contributed by atoms with Gasteiger partial charge in [0.2, 0.25) is 10.0 Å². The Morgan fingerprint density at radius 1 is 1.33 bits per heavy atom. The minimum Gasteiger partial charge on any atom is -0.465 e. The number of carbonyl (C=O) groups excluding carboxylic acids is 1. The number of methoxy groups -OCH3 is 2.